The molecule has 0 atom stereocenters. The van der Waals surface area contributed by atoms with E-state index in [0.29, 0.717) is 0 Å². The lowest BCUT2D eigenvalue weighted by molar-refractivity contribution is 0.627. The molecule has 0 heterocycles. The first-order chi connectivity index (χ1) is 19.1. The highest BCUT2D eigenvalue weighted by Crippen LogP contribution is 2.22. The standard InChI is InChI=1S/C36H26F2Si/c37-31-19-11-27(12-20-31)29-15-23-35(24-16-29)39(33-7-3-1-4-8-33,34-9-5-2-6-10-34)36-25-17-30(18-26-36)28-13-21-32(38)22-14-28/h1-26H. The highest BCUT2D eigenvalue weighted by molar-refractivity contribution is 7.19. The van der Waals surface area contributed by atoms with Gasteiger partial charge in [-0.3, -0.25) is 0 Å². The van der Waals surface area contributed by atoms with Crippen molar-refractivity contribution in [3.63, 3.8) is 0 Å². The first-order valence-electron chi connectivity index (χ1n) is 13.0. The van der Waals surface area contributed by atoms with Crippen molar-refractivity contribution in [3.05, 3.63) is 169 Å². The van der Waals surface area contributed by atoms with Crippen LogP contribution in [0.1, 0.15) is 0 Å². The summed E-state index contributed by atoms with van der Waals surface area (Å²) in [5.41, 5.74) is 4.07. The Morgan fingerprint density at radius 3 is 0.846 bits per heavy atom. The third kappa shape index (κ3) is 4.73. The molecule has 0 N–H and O–H groups in total. The highest BCUT2D eigenvalue weighted by atomic mass is 28.3. The lowest BCUT2D eigenvalue weighted by atomic mass is 10.1. The van der Waals surface area contributed by atoms with Crippen molar-refractivity contribution in [2.24, 2.45) is 0 Å². The van der Waals surface area contributed by atoms with Crippen molar-refractivity contribution in [1.29, 1.82) is 0 Å². The first kappa shape index (κ1) is 24.7. The number of rotatable bonds is 6. The number of halogens is 2. The van der Waals surface area contributed by atoms with Crippen LogP contribution in [0.4, 0.5) is 8.78 Å². The number of hydrogen-bond donors (Lipinski definition) is 0. The van der Waals surface area contributed by atoms with Crippen LogP contribution in [0, 0.1) is 11.6 Å². The smallest absolute Gasteiger partial charge is 0.179 e. The molecule has 0 aliphatic carbocycles. The van der Waals surface area contributed by atoms with Gasteiger partial charge in [0.05, 0.1) is 0 Å². The van der Waals surface area contributed by atoms with E-state index in [4.69, 9.17) is 0 Å². The minimum atomic E-state index is -2.69. The van der Waals surface area contributed by atoms with Gasteiger partial charge in [-0.2, -0.15) is 0 Å². The molecular weight excluding hydrogens is 498 g/mol. The molecule has 39 heavy (non-hydrogen) atoms. The summed E-state index contributed by atoms with van der Waals surface area (Å²) in [6.07, 6.45) is 0. The summed E-state index contributed by atoms with van der Waals surface area (Å²) in [5, 5.41) is 5.11. The molecule has 3 heteroatoms. The van der Waals surface area contributed by atoms with Gasteiger partial charge in [-0.05, 0) is 67.3 Å². The monoisotopic (exact) mass is 524 g/mol. The van der Waals surface area contributed by atoms with E-state index in [1.54, 1.807) is 0 Å². The summed E-state index contributed by atoms with van der Waals surface area (Å²) in [6, 6.07) is 52.3. The van der Waals surface area contributed by atoms with Crippen molar-refractivity contribution in [2.75, 3.05) is 0 Å². The quantitative estimate of drug-likeness (QED) is 0.169. The lowest BCUT2D eigenvalue weighted by Gasteiger charge is -2.34. The molecule has 0 fully saturated rings. The lowest BCUT2D eigenvalue weighted by Crippen LogP contribution is -2.74. The molecule has 0 aliphatic rings. The largest absolute Gasteiger partial charge is 0.207 e. The predicted octanol–water partition coefficient (Wildman–Crippen LogP) is 6.68. The van der Waals surface area contributed by atoms with E-state index in [2.05, 4.69) is 109 Å². The van der Waals surface area contributed by atoms with Crippen molar-refractivity contribution in [2.45, 2.75) is 0 Å². The maximum Gasteiger partial charge on any atom is 0.179 e. The van der Waals surface area contributed by atoms with E-state index < -0.39 is 8.07 Å². The molecule has 0 saturated heterocycles. The van der Waals surface area contributed by atoms with Crippen LogP contribution in [0.2, 0.25) is 0 Å². The van der Waals surface area contributed by atoms with Gasteiger partial charge < -0.3 is 0 Å². The molecular formula is C36H26F2Si. The summed E-state index contributed by atoms with van der Waals surface area (Å²) in [4.78, 5) is 0. The van der Waals surface area contributed by atoms with Crippen molar-refractivity contribution in [1.82, 2.24) is 0 Å². The Balaban J connectivity index is 1.55. The average Bonchev–Trinajstić information content (AvgIpc) is 3.00. The van der Waals surface area contributed by atoms with E-state index in [1.807, 2.05) is 24.3 Å². The summed E-state index contributed by atoms with van der Waals surface area (Å²) in [5.74, 6) is -0.474. The van der Waals surface area contributed by atoms with E-state index in [-0.39, 0.29) is 11.6 Å². The molecule has 6 aromatic carbocycles. The summed E-state index contributed by atoms with van der Waals surface area (Å²) < 4.78 is 27.1. The Morgan fingerprint density at radius 2 is 0.538 bits per heavy atom. The third-order valence-corrected chi connectivity index (χ3v) is 12.2. The van der Waals surface area contributed by atoms with Gasteiger partial charge in [-0.15, -0.1) is 0 Å². The minimum absolute atomic E-state index is 0.237. The van der Waals surface area contributed by atoms with E-state index in [1.165, 1.54) is 45.0 Å². The highest BCUT2D eigenvalue weighted by Gasteiger charge is 2.41. The zero-order chi connectivity index (χ0) is 26.7. The Morgan fingerprint density at radius 1 is 0.282 bits per heavy atom. The molecule has 0 unspecified atom stereocenters. The van der Waals surface area contributed by atoms with Crippen molar-refractivity contribution >= 4 is 28.8 Å². The second kappa shape index (κ2) is 10.6. The van der Waals surface area contributed by atoms with Crippen LogP contribution in [-0.4, -0.2) is 8.07 Å². The fraction of sp³-hybridized carbons (Fsp3) is 0. The van der Waals surface area contributed by atoms with Crippen LogP contribution in [0.5, 0.6) is 0 Å². The van der Waals surface area contributed by atoms with Crippen molar-refractivity contribution in [3.8, 4) is 22.3 Å². The molecule has 188 valence electrons. The molecule has 0 amide bonds. The van der Waals surface area contributed by atoms with Gasteiger partial charge in [0.2, 0.25) is 0 Å². The average molecular weight is 525 g/mol. The van der Waals surface area contributed by atoms with E-state index in [0.717, 1.165) is 22.3 Å². The van der Waals surface area contributed by atoms with Crippen LogP contribution in [0.15, 0.2) is 158 Å². The topological polar surface area (TPSA) is 0 Å². The van der Waals surface area contributed by atoms with Crippen molar-refractivity contribution < 1.29 is 8.78 Å². The van der Waals surface area contributed by atoms with Gasteiger partial charge in [-0.25, -0.2) is 8.78 Å². The van der Waals surface area contributed by atoms with Gasteiger partial charge in [0.25, 0.3) is 0 Å². The van der Waals surface area contributed by atoms with Crippen LogP contribution in [0.3, 0.4) is 0 Å². The fourth-order valence-electron chi connectivity index (χ4n) is 5.49. The molecule has 0 radical (unpaired) electrons. The molecule has 0 aromatic heterocycles. The fourth-order valence-corrected chi connectivity index (χ4v) is 10.2. The molecule has 0 spiro atoms. The van der Waals surface area contributed by atoms with Crippen LogP contribution < -0.4 is 20.7 Å². The third-order valence-electron chi connectivity index (χ3n) is 7.40. The zero-order valence-corrected chi connectivity index (χ0v) is 22.3. The molecule has 6 rings (SSSR count). The predicted molar refractivity (Wildman–Crippen MR) is 161 cm³/mol. The number of hydrogen-bond acceptors (Lipinski definition) is 0. The Hall–Kier alpha value is -4.60. The summed E-state index contributed by atoms with van der Waals surface area (Å²) in [6.45, 7) is 0. The first-order valence-corrected chi connectivity index (χ1v) is 15.0. The van der Waals surface area contributed by atoms with Crippen LogP contribution in [0.25, 0.3) is 22.3 Å². The SMILES string of the molecule is Fc1ccc(-c2ccc([Si](c3ccccc3)(c3ccccc3)c3ccc(-c4ccc(F)cc4)cc3)cc2)cc1. The summed E-state index contributed by atoms with van der Waals surface area (Å²) >= 11 is 0. The van der Waals surface area contributed by atoms with Gasteiger partial charge in [0.1, 0.15) is 11.6 Å². The van der Waals surface area contributed by atoms with E-state index >= 15 is 0 Å². The molecule has 0 bridgehead atoms. The normalized spacial score (nSPS) is 11.3. The van der Waals surface area contributed by atoms with Gasteiger partial charge >= 0.3 is 0 Å². The van der Waals surface area contributed by atoms with Gasteiger partial charge in [0, 0.05) is 0 Å². The Kier molecular flexibility index (Phi) is 6.74. The molecule has 0 saturated carbocycles. The number of benzene rings is 6. The van der Waals surface area contributed by atoms with Crippen LogP contribution >= 0.6 is 0 Å². The molecule has 0 nitrogen and oxygen atoms in total. The van der Waals surface area contributed by atoms with Crippen LogP contribution in [-0.2, 0) is 0 Å². The molecule has 6 aromatic rings. The maximum absolute atomic E-state index is 13.5. The molecule has 0 aliphatic heterocycles. The Labute approximate surface area is 228 Å². The second-order valence-electron chi connectivity index (χ2n) is 9.65. The van der Waals surface area contributed by atoms with Gasteiger partial charge in [-0.1, -0.05) is 133 Å². The maximum atomic E-state index is 13.5. The zero-order valence-electron chi connectivity index (χ0n) is 21.3. The van der Waals surface area contributed by atoms with Gasteiger partial charge in [0.15, 0.2) is 8.07 Å². The summed E-state index contributed by atoms with van der Waals surface area (Å²) in [7, 11) is -2.69. The Bertz CT molecular complexity index is 1530. The minimum Gasteiger partial charge on any atom is -0.207 e. The second-order valence-corrected chi connectivity index (χ2v) is 13.5. The van der Waals surface area contributed by atoms with E-state index in [9.17, 15) is 8.78 Å².